The fraction of sp³-hybridized carbons (Fsp3) is 0. The van der Waals surface area contributed by atoms with E-state index in [9.17, 15) is 0 Å². The number of halogens is 3. The molecule has 0 fully saturated rings. The van der Waals surface area contributed by atoms with Crippen molar-refractivity contribution in [3.05, 3.63) is 20.8 Å². The first kappa shape index (κ1) is 8.91. The number of rotatable bonds is 2. The molecule has 0 rings (SSSR count). The van der Waals surface area contributed by atoms with Gasteiger partial charge in [-0.25, -0.2) is 0 Å². The molecule has 0 bridgehead atoms. The van der Waals surface area contributed by atoms with Gasteiger partial charge in [0.2, 0.25) is 0 Å². The second-order valence-electron chi connectivity index (χ2n) is 0.894. The molecule has 1 atom stereocenters. The van der Waals surface area contributed by atoms with E-state index in [1.807, 2.05) is 0 Å². The SMILES string of the molecule is Cl/C=C\[As](Cl)/C=C/Cl. The molecule has 0 aromatic rings. The Kier molecular flexibility index (Phi) is 6.72. The molecular weight excluding hydrogens is 229 g/mol. The summed E-state index contributed by atoms with van der Waals surface area (Å²) in [4.78, 5) is 3.52. The van der Waals surface area contributed by atoms with Crippen molar-refractivity contribution in [2.75, 3.05) is 0 Å². The fourth-order valence-electron chi connectivity index (χ4n) is 0.157. The molecule has 0 nitrogen and oxygen atoms in total. The third-order valence-corrected chi connectivity index (χ3v) is 4.41. The summed E-state index contributed by atoms with van der Waals surface area (Å²) < 4.78 is 0. The van der Waals surface area contributed by atoms with Gasteiger partial charge in [-0.1, -0.05) is 0 Å². The normalized spacial score (nSPS) is 15.9. The van der Waals surface area contributed by atoms with Crippen molar-refractivity contribution in [2.24, 2.45) is 0 Å². The number of hydrogen-bond acceptors (Lipinski definition) is 0. The van der Waals surface area contributed by atoms with Crippen LogP contribution in [0, 0.1) is 0 Å². The third kappa shape index (κ3) is 5.05. The molecule has 0 aliphatic rings. The molecule has 46 valence electrons. The van der Waals surface area contributed by atoms with E-state index in [1.165, 1.54) is 11.1 Å². The van der Waals surface area contributed by atoms with E-state index in [-0.39, 0.29) is 0 Å². The maximum atomic E-state index is 5.68. The molecule has 1 unspecified atom stereocenters. The summed E-state index contributed by atoms with van der Waals surface area (Å²) in [5.41, 5.74) is 2.84. The molecule has 0 aromatic carbocycles. The van der Waals surface area contributed by atoms with Crippen LogP contribution in [-0.2, 0) is 0 Å². The van der Waals surface area contributed by atoms with Crippen LogP contribution in [0.25, 0.3) is 0 Å². The van der Waals surface area contributed by atoms with Gasteiger partial charge in [0.05, 0.1) is 0 Å². The standard InChI is InChI=1S/C4H4AsCl3/c6-3-1-5(8)2-4-7/h1-4H/b3-1-,4-2+. The van der Waals surface area contributed by atoms with Crippen LogP contribution in [0.5, 0.6) is 0 Å². The van der Waals surface area contributed by atoms with Crippen molar-refractivity contribution in [1.29, 1.82) is 0 Å². The first-order valence-corrected chi connectivity index (χ1v) is 7.29. The van der Waals surface area contributed by atoms with E-state index >= 15 is 0 Å². The summed E-state index contributed by atoms with van der Waals surface area (Å²) in [6.07, 6.45) is 0. The van der Waals surface area contributed by atoms with Gasteiger partial charge in [0.25, 0.3) is 0 Å². The minimum atomic E-state index is -1.41. The first-order valence-electron chi connectivity index (χ1n) is 1.79. The molecular formula is C4H4AsCl3. The topological polar surface area (TPSA) is 0 Å². The van der Waals surface area contributed by atoms with Gasteiger partial charge in [-0.2, -0.15) is 0 Å². The Morgan fingerprint density at radius 3 is 1.62 bits per heavy atom. The summed E-state index contributed by atoms with van der Waals surface area (Å²) in [7, 11) is 5.68. The average Bonchev–Trinajstić information content (AvgIpc) is 1.68. The molecule has 0 spiro atoms. The van der Waals surface area contributed by atoms with E-state index in [2.05, 4.69) is 0 Å². The molecule has 4 heteroatoms. The van der Waals surface area contributed by atoms with Gasteiger partial charge in [-0.05, 0) is 0 Å². The van der Waals surface area contributed by atoms with Gasteiger partial charge in [-0.3, -0.25) is 0 Å². The van der Waals surface area contributed by atoms with Gasteiger partial charge in [0.1, 0.15) is 0 Å². The maximum absolute atomic E-state index is 5.68. The summed E-state index contributed by atoms with van der Waals surface area (Å²) in [6.45, 7) is 0. The average molecular weight is 233 g/mol. The molecule has 0 aliphatic heterocycles. The molecule has 8 heavy (non-hydrogen) atoms. The third-order valence-electron chi connectivity index (χ3n) is 0.398. The molecule has 0 N–H and O–H groups in total. The second-order valence-corrected chi connectivity index (χ2v) is 6.12. The van der Waals surface area contributed by atoms with Gasteiger partial charge >= 0.3 is 67.7 Å². The Bertz CT molecular complexity index is 87.5. The van der Waals surface area contributed by atoms with Gasteiger partial charge < -0.3 is 0 Å². The van der Waals surface area contributed by atoms with Crippen LogP contribution in [0.1, 0.15) is 0 Å². The van der Waals surface area contributed by atoms with Crippen molar-refractivity contribution in [2.45, 2.75) is 0 Å². The van der Waals surface area contributed by atoms with Gasteiger partial charge in [0, 0.05) is 0 Å². The Labute approximate surface area is 67.5 Å². The molecule has 0 aromatic heterocycles. The van der Waals surface area contributed by atoms with Crippen molar-refractivity contribution in [3.8, 4) is 0 Å². The molecule has 0 aliphatic carbocycles. The van der Waals surface area contributed by atoms with E-state index in [4.69, 9.17) is 33.2 Å². The van der Waals surface area contributed by atoms with Crippen molar-refractivity contribution < 1.29 is 0 Å². The Hall–Kier alpha value is 0.908. The predicted molar refractivity (Wildman–Crippen MR) is 41.6 cm³/mol. The van der Waals surface area contributed by atoms with Crippen LogP contribution in [0.2, 0.25) is 0 Å². The van der Waals surface area contributed by atoms with Crippen LogP contribution in [-0.4, -0.2) is 13.7 Å². The summed E-state index contributed by atoms with van der Waals surface area (Å²) in [5, 5.41) is 0. The first-order chi connectivity index (χ1) is 3.81. The van der Waals surface area contributed by atoms with Crippen molar-refractivity contribution >= 4 is 46.9 Å². The molecule has 0 radical (unpaired) electrons. The van der Waals surface area contributed by atoms with Crippen LogP contribution in [0.15, 0.2) is 20.8 Å². The molecule has 0 heterocycles. The van der Waals surface area contributed by atoms with E-state index in [1.54, 1.807) is 9.73 Å². The van der Waals surface area contributed by atoms with Gasteiger partial charge in [-0.15, -0.1) is 0 Å². The van der Waals surface area contributed by atoms with E-state index in [0.717, 1.165) is 0 Å². The fourth-order valence-corrected chi connectivity index (χ4v) is 3.26. The van der Waals surface area contributed by atoms with Gasteiger partial charge in [0.15, 0.2) is 0 Å². The number of hydrogen-bond donors (Lipinski definition) is 0. The zero-order valence-corrected chi connectivity index (χ0v) is 8.03. The zero-order chi connectivity index (χ0) is 6.41. The van der Waals surface area contributed by atoms with Crippen LogP contribution >= 0.6 is 33.2 Å². The summed E-state index contributed by atoms with van der Waals surface area (Å²) in [5.74, 6) is 0. The Morgan fingerprint density at radius 1 is 1.00 bits per heavy atom. The van der Waals surface area contributed by atoms with Crippen molar-refractivity contribution in [3.63, 3.8) is 0 Å². The van der Waals surface area contributed by atoms with E-state index < -0.39 is 13.7 Å². The minimum absolute atomic E-state index is 1.41. The quantitative estimate of drug-likeness (QED) is 0.643. The monoisotopic (exact) mass is 232 g/mol. The second kappa shape index (κ2) is 6.03. The molecule has 0 saturated carbocycles. The summed E-state index contributed by atoms with van der Waals surface area (Å²) >= 11 is 9.04. The van der Waals surface area contributed by atoms with Crippen LogP contribution in [0.3, 0.4) is 0 Å². The Balaban J connectivity index is 3.47. The molecule has 0 amide bonds. The Morgan fingerprint density at radius 2 is 1.38 bits per heavy atom. The zero-order valence-electron chi connectivity index (χ0n) is 3.89. The summed E-state index contributed by atoms with van der Waals surface area (Å²) in [6, 6.07) is 0. The van der Waals surface area contributed by atoms with E-state index in [0.29, 0.717) is 0 Å². The van der Waals surface area contributed by atoms with Crippen molar-refractivity contribution in [1.82, 2.24) is 0 Å². The predicted octanol–water partition coefficient (Wildman–Crippen LogP) is 2.80. The molecule has 0 saturated heterocycles. The van der Waals surface area contributed by atoms with Crippen LogP contribution < -0.4 is 0 Å². The van der Waals surface area contributed by atoms with Crippen LogP contribution in [0.4, 0.5) is 0 Å².